The smallest absolute Gasteiger partial charge is 0.361 e. The molecule has 6 nitrogen and oxygen atoms in total. The molecule has 0 aliphatic carbocycles. The van der Waals surface area contributed by atoms with Gasteiger partial charge in [-0.2, -0.15) is 4.79 Å². The maximum absolute atomic E-state index is 11.1. The second-order valence-corrected chi connectivity index (χ2v) is 8.16. The summed E-state index contributed by atoms with van der Waals surface area (Å²) in [6.45, 7) is 1.61. The van der Waals surface area contributed by atoms with Crippen LogP contribution in [-0.4, -0.2) is 44.4 Å². The Morgan fingerprint density at radius 3 is 2.00 bits per heavy atom. The van der Waals surface area contributed by atoms with Crippen LogP contribution in [0.4, 0.5) is 0 Å². The van der Waals surface area contributed by atoms with E-state index in [9.17, 15) is 16.8 Å². The lowest BCUT2D eigenvalue weighted by molar-refractivity contribution is 0.00754. The van der Waals surface area contributed by atoms with E-state index < -0.39 is 19.7 Å². The van der Waals surface area contributed by atoms with Crippen molar-refractivity contribution in [2.75, 3.05) is 17.3 Å². The number of nitrogens with zero attached hydrogens (tertiary/aromatic N) is 2. The van der Waals surface area contributed by atoms with Gasteiger partial charge in [0.05, 0.1) is 11.5 Å². The lowest BCUT2D eigenvalue weighted by Gasteiger charge is -2.00. The van der Waals surface area contributed by atoms with Gasteiger partial charge in [-0.15, -0.1) is 0 Å². The molecule has 0 aliphatic heterocycles. The first-order valence-electron chi connectivity index (χ1n) is 5.43. The van der Waals surface area contributed by atoms with Gasteiger partial charge in [-0.3, -0.25) is 0 Å². The molecule has 0 radical (unpaired) electrons. The van der Waals surface area contributed by atoms with Crippen LogP contribution in [0.25, 0.3) is 5.53 Å². The highest BCUT2D eigenvalue weighted by molar-refractivity contribution is 8.04. The minimum Gasteiger partial charge on any atom is -0.361 e. The normalized spacial score (nSPS) is 12.1. The Morgan fingerprint density at radius 2 is 1.53 bits per heavy atom. The molecule has 0 unspecified atom stereocenters. The molecule has 0 spiro atoms. The second kappa shape index (κ2) is 7.58. The number of rotatable bonds is 9. The first kappa shape index (κ1) is 16.3. The molecule has 0 saturated carbocycles. The van der Waals surface area contributed by atoms with E-state index in [0.717, 1.165) is 0 Å². The van der Waals surface area contributed by atoms with Crippen LogP contribution < -0.4 is 0 Å². The lowest BCUT2D eigenvalue weighted by atomic mass is 10.2. The molecule has 0 N–H and O–H groups in total. The summed E-state index contributed by atoms with van der Waals surface area (Å²) in [5.41, 5.74) is 8.61. The molecule has 0 heterocycles. The largest absolute Gasteiger partial charge is 0.370 e. The van der Waals surface area contributed by atoms with Gasteiger partial charge >= 0.3 is 5.55 Å². The van der Waals surface area contributed by atoms with Crippen LogP contribution in [-0.2, 0) is 19.7 Å². The molecule has 0 bridgehead atoms. The SMILES string of the molecule is CCS(=O)(=O)CCCCCCS(=O)(=O)C=[N+]=[N-]. The molecule has 0 atom stereocenters. The number of unbranched alkanes of at least 4 members (excludes halogenated alkanes) is 3. The van der Waals surface area contributed by atoms with Gasteiger partial charge in [0.1, 0.15) is 9.84 Å². The van der Waals surface area contributed by atoms with Crippen LogP contribution in [0.1, 0.15) is 32.6 Å². The van der Waals surface area contributed by atoms with Crippen LogP contribution >= 0.6 is 0 Å². The van der Waals surface area contributed by atoms with Gasteiger partial charge in [-0.1, -0.05) is 19.8 Å². The average Bonchev–Trinajstić information content (AvgIpc) is 2.23. The average molecular weight is 282 g/mol. The highest BCUT2D eigenvalue weighted by atomic mass is 32.2. The van der Waals surface area contributed by atoms with Gasteiger partial charge in [-0.25, -0.2) is 16.8 Å². The number of hydrogen-bond donors (Lipinski definition) is 0. The molecular formula is C9H18N2O4S2. The summed E-state index contributed by atoms with van der Waals surface area (Å²) in [6, 6.07) is 0. The third-order valence-corrected chi connectivity index (χ3v) is 5.35. The van der Waals surface area contributed by atoms with Crippen molar-refractivity contribution in [1.82, 2.24) is 0 Å². The van der Waals surface area contributed by atoms with Crippen molar-refractivity contribution in [2.24, 2.45) is 0 Å². The van der Waals surface area contributed by atoms with E-state index in [4.69, 9.17) is 5.53 Å². The molecule has 0 aromatic carbocycles. The molecule has 0 aliphatic rings. The van der Waals surface area contributed by atoms with Crippen LogP contribution in [0.3, 0.4) is 0 Å². The highest BCUT2D eigenvalue weighted by Gasteiger charge is 2.11. The van der Waals surface area contributed by atoms with Crippen molar-refractivity contribution < 1.29 is 21.6 Å². The minimum absolute atomic E-state index is 0.0718. The summed E-state index contributed by atoms with van der Waals surface area (Å²) in [5, 5.41) is 0. The van der Waals surface area contributed by atoms with E-state index in [1.165, 1.54) is 0 Å². The van der Waals surface area contributed by atoms with Gasteiger partial charge in [0, 0.05) is 5.75 Å². The minimum atomic E-state index is -3.41. The van der Waals surface area contributed by atoms with E-state index in [1.807, 2.05) is 0 Å². The second-order valence-electron chi connectivity index (χ2n) is 3.74. The van der Waals surface area contributed by atoms with Crippen molar-refractivity contribution in [3.63, 3.8) is 0 Å². The maximum Gasteiger partial charge on any atom is 0.370 e. The summed E-state index contributed by atoms with van der Waals surface area (Å²) in [6.07, 6.45) is 2.34. The summed E-state index contributed by atoms with van der Waals surface area (Å²) in [4.78, 5) is 2.47. The Morgan fingerprint density at radius 1 is 1.00 bits per heavy atom. The molecular weight excluding hydrogens is 264 g/mol. The van der Waals surface area contributed by atoms with Crippen molar-refractivity contribution in [1.29, 1.82) is 0 Å². The molecule has 0 fully saturated rings. The zero-order chi connectivity index (χ0) is 13.4. The van der Waals surface area contributed by atoms with Crippen LogP contribution in [0.2, 0.25) is 0 Å². The quantitative estimate of drug-likeness (QED) is 0.203. The van der Waals surface area contributed by atoms with E-state index >= 15 is 0 Å². The highest BCUT2D eigenvalue weighted by Crippen LogP contribution is 2.04. The summed E-state index contributed by atoms with van der Waals surface area (Å²) in [5.74, 6) is 0.236. The third-order valence-electron chi connectivity index (χ3n) is 2.28. The monoisotopic (exact) mass is 282 g/mol. The topological polar surface area (TPSA) is 105 Å². The van der Waals surface area contributed by atoms with Gasteiger partial charge in [0.15, 0.2) is 0 Å². The Hall–Kier alpha value is -0.720. The molecule has 100 valence electrons. The van der Waals surface area contributed by atoms with E-state index in [0.29, 0.717) is 31.2 Å². The standard InChI is InChI=1S/C9H18N2O4S2/c1-2-16(12,13)7-5-3-4-6-8-17(14,15)9-11-10/h9H,2-8H2,1H3. The maximum atomic E-state index is 11.1. The van der Waals surface area contributed by atoms with Crippen LogP contribution in [0, 0.1) is 0 Å². The molecule has 0 aromatic rings. The molecule has 0 aromatic heterocycles. The van der Waals surface area contributed by atoms with Crippen molar-refractivity contribution in [2.45, 2.75) is 32.6 Å². The zero-order valence-electron chi connectivity index (χ0n) is 9.87. The Balaban J connectivity index is 3.71. The van der Waals surface area contributed by atoms with Gasteiger partial charge in [0.25, 0.3) is 0 Å². The first-order chi connectivity index (χ1) is 7.83. The van der Waals surface area contributed by atoms with E-state index in [2.05, 4.69) is 4.79 Å². The Bertz CT molecular complexity index is 461. The first-order valence-corrected chi connectivity index (χ1v) is 8.97. The van der Waals surface area contributed by atoms with Gasteiger partial charge < -0.3 is 5.53 Å². The predicted octanol–water partition coefficient (Wildman–Crippen LogP) is 0.654. The van der Waals surface area contributed by atoms with Gasteiger partial charge in [0.2, 0.25) is 9.84 Å². The zero-order valence-corrected chi connectivity index (χ0v) is 11.5. The summed E-state index contributed by atoms with van der Waals surface area (Å²) >= 11 is 0. The van der Waals surface area contributed by atoms with Crippen molar-refractivity contribution in [3.8, 4) is 0 Å². The predicted molar refractivity (Wildman–Crippen MR) is 66.3 cm³/mol. The van der Waals surface area contributed by atoms with Crippen molar-refractivity contribution in [3.05, 3.63) is 5.53 Å². The number of sulfone groups is 2. The summed E-state index contributed by atoms with van der Waals surface area (Å²) < 4.78 is 44.4. The third kappa shape index (κ3) is 9.02. The molecule has 8 heteroatoms. The van der Waals surface area contributed by atoms with Crippen LogP contribution in [0.5, 0.6) is 0 Å². The molecule has 17 heavy (non-hydrogen) atoms. The summed E-state index contributed by atoms with van der Waals surface area (Å²) in [7, 11) is -6.33. The van der Waals surface area contributed by atoms with Gasteiger partial charge in [-0.05, 0) is 12.8 Å². The Kier molecular flexibility index (Phi) is 7.26. The Labute approximate surface area is 102 Å². The van der Waals surface area contributed by atoms with E-state index in [-0.39, 0.29) is 17.3 Å². The number of hydrogen-bond acceptors (Lipinski definition) is 4. The lowest BCUT2D eigenvalue weighted by Crippen LogP contribution is -2.09. The van der Waals surface area contributed by atoms with E-state index in [1.54, 1.807) is 6.92 Å². The molecule has 0 rings (SSSR count). The fraction of sp³-hybridized carbons (Fsp3) is 0.889. The van der Waals surface area contributed by atoms with Crippen LogP contribution in [0.15, 0.2) is 0 Å². The fourth-order valence-electron chi connectivity index (χ4n) is 1.25. The molecule has 0 amide bonds. The van der Waals surface area contributed by atoms with Crippen molar-refractivity contribution >= 4 is 25.2 Å². The molecule has 0 saturated heterocycles. The fourth-order valence-corrected chi connectivity index (χ4v) is 3.04.